The standard InChI is InChI=1S/C16H24N4S2.HI/c1-3-17-16(19-10-14-7-9-21-12-14)18-8-5-4-6-15-20-13(2)11-22-15;/h7,9,11-12H,3-6,8,10H2,1-2H3,(H2,17,18,19);1H. The van der Waals surface area contributed by atoms with E-state index in [0.29, 0.717) is 0 Å². The number of halogens is 1. The zero-order chi connectivity index (χ0) is 15.6. The first-order chi connectivity index (χ1) is 10.8. The van der Waals surface area contributed by atoms with Crippen molar-refractivity contribution in [2.75, 3.05) is 13.1 Å². The molecule has 0 unspecified atom stereocenters. The van der Waals surface area contributed by atoms with Gasteiger partial charge < -0.3 is 10.6 Å². The molecule has 23 heavy (non-hydrogen) atoms. The lowest BCUT2D eigenvalue weighted by Gasteiger charge is -2.10. The van der Waals surface area contributed by atoms with Gasteiger partial charge in [-0.1, -0.05) is 0 Å². The van der Waals surface area contributed by atoms with Crippen LogP contribution in [0.4, 0.5) is 0 Å². The summed E-state index contributed by atoms with van der Waals surface area (Å²) in [6.07, 6.45) is 3.36. The SMILES string of the molecule is CCNC(=NCc1ccsc1)NCCCCc1nc(C)cs1.I. The summed E-state index contributed by atoms with van der Waals surface area (Å²) in [6.45, 7) is 6.70. The summed E-state index contributed by atoms with van der Waals surface area (Å²) in [5.41, 5.74) is 2.40. The van der Waals surface area contributed by atoms with E-state index in [1.165, 1.54) is 10.6 Å². The number of unbranched alkanes of at least 4 members (excludes halogenated alkanes) is 1. The lowest BCUT2D eigenvalue weighted by atomic mass is 10.2. The molecule has 0 aliphatic carbocycles. The average molecular weight is 464 g/mol. The van der Waals surface area contributed by atoms with E-state index in [0.717, 1.165) is 50.6 Å². The number of aliphatic imine (C=N–C) groups is 1. The fourth-order valence-electron chi connectivity index (χ4n) is 2.02. The smallest absolute Gasteiger partial charge is 0.191 e. The quantitative estimate of drug-likeness (QED) is 0.266. The Balaban J connectivity index is 0.00000264. The van der Waals surface area contributed by atoms with E-state index in [2.05, 4.69) is 49.7 Å². The minimum Gasteiger partial charge on any atom is -0.357 e. The highest BCUT2D eigenvalue weighted by Gasteiger charge is 2.00. The molecular weight excluding hydrogens is 439 g/mol. The van der Waals surface area contributed by atoms with Crippen LogP contribution >= 0.6 is 46.7 Å². The van der Waals surface area contributed by atoms with E-state index in [9.17, 15) is 0 Å². The van der Waals surface area contributed by atoms with Gasteiger partial charge in [0, 0.05) is 24.2 Å². The molecule has 128 valence electrons. The zero-order valence-electron chi connectivity index (χ0n) is 13.7. The number of hydrogen-bond donors (Lipinski definition) is 2. The predicted molar refractivity (Wildman–Crippen MR) is 112 cm³/mol. The highest BCUT2D eigenvalue weighted by molar-refractivity contribution is 14.0. The van der Waals surface area contributed by atoms with Crippen molar-refractivity contribution in [3.63, 3.8) is 0 Å². The number of rotatable bonds is 8. The van der Waals surface area contributed by atoms with Crippen molar-refractivity contribution >= 4 is 52.6 Å². The summed E-state index contributed by atoms with van der Waals surface area (Å²) >= 11 is 3.48. The third-order valence-electron chi connectivity index (χ3n) is 3.12. The Bertz CT molecular complexity index is 566. The number of thiophene rings is 1. The molecule has 0 atom stereocenters. The van der Waals surface area contributed by atoms with Crippen LogP contribution in [0.25, 0.3) is 0 Å². The first kappa shape index (κ1) is 20.4. The van der Waals surface area contributed by atoms with Crippen LogP contribution < -0.4 is 10.6 Å². The number of nitrogens with one attached hydrogen (secondary N) is 2. The summed E-state index contributed by atoms with van der Waals surface area (Å²) in [6, 6.07) is 2.12. The number of aromatic nitrogens is 1. The highest BCUT2D eigenvalue weighted by Crippen LogP contribution is 2.11. The van der Waals surface area contributed by atoms with Gasteiger partial charge in [0.1, 0.15) is 0 Å². The van der Waals surface area contributed by atoms with Crippen LogP contribution in [0.2, 0.25) is 0 Å². The Morgan fingerprint density at radius 2 is 2.13 bits per heavy atom. The lowest BCUT2D eigenvalue weighted by Crippen LogP contribution is -2.37. The molecular formula is C16H25IN4S2. The molecule has 0 spiro atoms. The summed E-state index contributed by atoms with van der Waals surface area (Å²) < 4.78 is 0. The van der Waals surface area contributed by atoms with E-state index in [4.69, 9.17) is 0 Å². The third-order valence-corrected chi connectivity index (χ3v) is 4.88. The summed E-state index contributed by atoms with van der Waals surface area (Å²) in [7, 11) is 0. The summed E-state index contributed by atoms with van der Waals surface area (Å²) in [4.78, 5) is 9.10. The van der Waals surface area contributed by atoms with Gasteiger partial charge in [-0.25, -0.2) is 9.98 Å². The summed E-state index contributed by atoms with van der Waals surface area (Å²) in [5, 5.41) is 14.3. The fourth-order valence-corrected chi connectivity index (χ4v) is 3.50. The van der Waals surface area contributed by atoms with Crippen molar-refractivity contribution in [3.05, 3.63) is 38.5 Å². The maximum atomic E-state index is 4.61. The molecule has 2 aromatic heterocycles. The number of hydrogen-bond acceptors (Lipinski definition) is 4. The predicted octanol–water partition coefficient (Wildman–Crippen LogP) is 4.21. The number of thiazole rings is 1. The molecule has 4 nitrogen and oxygen atoms in total. The number of nitrogens with zero attached hydrogens (tertiary/aromatic N) is 2. The molecule has 2 heterocycles. The molecule has 0 bridgehead atoms. The molecule has 2 aromatic rings. The topological polar surface area (TPSA) is 49.3 Å². The largest absolute Gasteiger partial charge is 0.357 e. The van der Waals surface area contributed by atoms with E-state index in [1.54, 1.807) is 22.7 Å². The minimum absolute atomic E-state index is 0. The van der Waals surface area contributed by atoms with Gasteiger partial charge in [0.2, 0.25) is 0 Å². The van der Waals surface area contributed by atoms with E-state index in [1.807, 2.05) is 6.92 Å². The first-order valence-corrected chi connectivity index (χ1v) is 9.54. The fraction of sp³-hybridized carbons (Fsp3) is 0.500. The molecule has 0 aliphatic rings. The Morgan fingerprint density at radius 1 is 1.26 bits per heavy atom. The zero-order valence-corrected chi connectivity index (χ0v) is 17.6. The molecule has 7 heteroatoms. The van der Waals surface area contributed by atoms with E-state index < -0.39 is 0 Å². The average Bonchev–Trinajstić information content (AvgIpc) is 3.16. The maximum absolute atomic E-state index is 4.61. The van der Waals surface area contributed by atoms with Crippen molar-refractivity contribution in [1.82, 2.24) is 15.6 Å². The van der Waals surface area contributed by atoms with Crippen molar-refractivity contribution in [2.45, 2.75) is 39.7 Å². The molecule has 0 saturated heterocycles. The molecule has 0 radical (unpaired) electrons. The first-order valence-electron chi connectivity index (χ1n) is 7.72. The lowest BCUT2D eigenvalue weighted by molar-refractivity contribution is 0.692. The van der Waals surface area contributed by atoms with E-state index in [-0.39, 0.29) is 24.0 Å². The molecule has 0 fully saturated rings. The van der Waals surface area contributed by atoms with Gasteiger partial charge in [-0.15, -0.1) is 35.3 Å². The van der Waals surface area contributed by atoms with Crippen LogP contribution in [0.15, 0.2) is 27.2 Å². The number of guanidine groups is 1. The van der Waals surface area contributed by atoms with Gasteiger partial charge in [-0.05, 0) is 55.5 Å². The van der Waals surface area contributed by atoms with Gasteiger partial charge in [-0.3, -0.25) is 0 Å². The van der Waals surface area contributed by atoms with E-state index >= 15 is 0 Å². The van der Waals surface area contributed by atoms with Crippen LogP contribution in [0.1, 0.15) is 36.0 Å². The molecule has 2 N–H and O–H groups in total. The Labute approximate surface area is 163 Å². The monoisotopic (exact) mass is 464 g/mol. The Morgan fingerprint density at radius 3 is 2.78 bits per heavy atom. The normalized spacial score (nSPS) is 11.1. The van der Waals surface area contributed by atoms with Crippen molar-refractivity contribution in [2.24, 2.45) is 4.99 Å². The van der Waals surface area contributed by atoms with Crippen LogP contribution in [0.5, 0.6) is 0 Å². The molecule has 0 aliphatic heterocycles. The van der Waals surface area contributed by atoms with Crippen LogP contribution in [-0.2, 0) is 13.0 Å². The summed E-state index contributed by atoms with van der Waals surface area (Å²) in [5.74, 6) is 0.902. The van der Waals surface area contributed by atoms with Crippen LogP contribution in [0.3, 0.4) is 0 Å². The van der Waals surface area contributed by atoms with Crippen molar-refractivity contribution in [1.29, 1.82) is 0 Å². The highest BCUT2D eigenvalue weighted by atomic mass is 127. The molecule has 2 rings (SSSR count). The second-order valence-electron chi connectivity index (χ2n) is 5.09. The second kappa shape index (κ2) is 11.8. The Hall–Kier alpha value is -0.670. The van der Waals surface area contributed by atoms with Crippen molar-refractivity contribution < 1.29 is 0 Å². The second-order valence-corrected chi connectivity index (χ2v) is 6.82. The van der Waals surface area contributed by atoms with Crippen LogP contribution in [-0.4, -0.2) is 24.0 Å². The van der Waals surface area contributed by atoms with Gasteiger partial charge in [0.15, 0.2) is 5.96 Å². The van der Waals surface area contributed by atoms with Gasteiger partial charge in [0.05, 0.1) is 11.6 Å². The van der Waals surface area contributed by atoms with Crippen LogP contribution in [0, 0.1) is 6.92 Å². The van der Waals surface area contributed by atoms with Gasteiger partial charge >= 0.3 is 0 Å². The molecule has 0 aromatic carbocycles. The Kier molecular flexibility index (Phi) is 10.5. The maximum Gasteiger partial charge on any atom is 0.191 e. The van der Waals surface area contributed by atoms with Gasteiger partial charge in [0.25, 0.3) is 0 Å². The minimum atomic E-state index is 0. The van der Waals surface area contributed by atoms with Gasteiger partial charge in [-0.2, -0.15) is 11.3 Å². The van der Waals surface area contributed by atoms with Crippen molar-refractivity contribution in [3.8, 4) is 0 Å². The molecule has 0 amide bonds. The molecule has 0 saturated carbocycles. The number of aryl methyl sites for hydroxylation is 2. The third kappa shape index (κ3) is 8.12.